The smallest absolute Gasteiger partial charge is 0.312 e. The monoisotopic (exact) mass is 446 g/mol. The number of aliphatic hydroxyl groups excluding tert-OH is 3. The number of carbonyl (C=O) groups is 1. The van der Waals surface area contributed by atoms with E-state index in [1.54, 1.807) is 19.9 Å². The van der Waals surface area contributed by atoms with E-state index in [2.05, 4.69) is 26.0 Å². The second kappa shape index (κ2) is 9.82. The van der Waals surface area contributed by atoms with Gasteiger partial charge in [-0.25, -0.2) is 0 Å². The van der Waals surface area contributed by atoms with Gasteiger partial charge in [-0.2, -0.15) is 0 Å². The van der Waals surface area contributed by atoms with Crippen molar-refractivity contribution in [1.29, 1.82) is 0 Å². The highest BCUT2D eigenvalue weighted by Crippen LogP contribution is 2.59. The van der Waals surface area contributed by atoms with Gasteiger partial charge in [0.05, 0.1) is 23.7 Å². The zero-order valence-corrected chi connectivity index (χ0v) is 20.1. The van der Waals surface area contributed by atoms with E-state index in [-0.39, 0.29) is 11.3 Å². The van der Waals surface area contributed by atoms with Crippen LogP contribution in [0.4, 0.5) is 0 Å². The third-order valence-corrected chi connectivity index (χ3v) is 8.63. The van der Waals surface area contributed by atoms with Crippen LogP contribution in [0.5, 0.6) is 0 Å². The Hall–Kier alpha value is -1.43. The van der Waals surface area contributed by atoms with Crippen molar-refractivity contribution in [2.45, 2.75) is 97.4 Å². The Morgan fingerprint density at radius 2 is 1.78 bits per heavy atom. The van der Waals surface area contributed by atoms with Crippen LogP contribution in [-0.2, 0) is 4.79 Å². The molecule has 0 radical (unpaired) electrons. The average Bonchev–Trinajstić information content (AvgIpc) is 3.06. The number of rotatable bonds is 6. The molecule has 32 heavy (non-hydrogen) atoms. The lowest BCUT2D eigenvalue weighted by Crippen LogP contribution is -2.37. The minimum Gasteiger partial charge on any atom is -0.481 e. The summed E-state index contributed by atoms with van der Waals surface area (Å²) < 4.78 is 0. The minimum absolute atomic E-state index is 0.200. The van der Waals surface area contributed by atoms with Gasteiger partial charge >= 0.3 is 5.97 Å². The second-order valence-electron chi connectivity index (χ2n) is 11.3. The number of aliphatic carboxylic acids is 1. The molecule has 3 rings (SSSR count). The van der Waals surface area contributed by atoms with Gasteiger partial charge in [-0.3, -0.25) is 4.79 Å². The Balaban J connectivity index is 1.72. The number of hydrogen-bond donors (Lipinski definition) is 4. The van der Waals surface area contributed by atoms with Crippen LogP contribution in [0.25, 0.3) is 0 Å². The van der Waals surface area contributed by atoms with Crippen molar-refractivity contribution in [3.8, 4) is 0 Å². The third-order valence-electron chi connectivity index (χ3n) is 8.63. The second-order valence-corrected chi connectivity index (χ2v) is 11.3. The van der Waals surface area contributed by atoms with Crippen molar-refractivity contribution in [1.82, 2.24) is 0 Å². The van der Waals surface area contributed by atoms with Crippen molar-refractivity contribution in [2.24, 2.45) is 28.6 Å². The van der Waals surface area contributed by atoms with Gasteiger partial charge in [-0.15, -0.1) is 0 Å². The molecule has 5 nitrogen and oxygen atoms in total. The Bertz CT molecular complexity index is 767. The first-order valence-electron chi connectivity index (χ1n) is 12.3. The molecule has 0 aromatic rings. The van der Waals surface area contributed by atoms with Crippen molar-refractivity contribution >= 4 is 5.97 Å². The van der Waals surface area contributed by atoms with Gasteiger partial charge in [-0.1, -0.05) is 49.3 Å². The van der Waals surface area contributed by atoms with Crippen LogP contribution in [0, 0.1) is 28.6 Å². The van der Waals surface area contributed by atoms with Crippen LogP contribution >= 0.6 is 0 Å². The molecule has 3 fully saturated rings. The molecule has 4 N–H and O–H groups in total. The molecule has 0 aromatic heterocycles. The molecule has 180 valence electrons. The molecular formula is C27H42O5. The van der Waals surface area contributed by atoms with E-state index < -0.39 is 29.7 Å². The van der Waals surface area contributed by atoms with E-state index in [0.717, 1.165) is 31.3 Å². The normalized spacial score (nSPS) is 36.8. The molecule has 0 aromatic carbocycles. The number of hydrogen-bond acceptors (Lipinski definition) is 4. The summed E-state index contributed by atoms with van der Waals surface area (Å²) in [6, 6.07) is 0. The first-order valence-corrected chi connectivity index (χ1v) is 12.3. The van der Waals surface area contributed by atoms with Crippen LogP contribution < -0.4 is 0 Å². The number of aliphatic hydroxyl groups is 3. The lowest BCUT2D eigenvalue weighted by molar-refractivity contribution is -0.151. The predicted molar refractivity (Wildman–Crippen MR) is 126 cm³/mol. The predicted octanol–water partition coefficient (Wildman–Crippen LogP) is 4.63. The van der Waals surface area contributed by atoms with Gasteiger partial charge in [0, 0.05) is 0 Å². The van der Waals surface area contributed by atoms with Gasteiger partial charge in [-0.05, 0) is 88.4 Å². The maximum Gasteiger partial charge on any atom is 0.312 e. The Morgan fingerprint density at radius 1 is 1.12 bits per heavy atom. The SMILES string of the molecule is C[C@H](C=C[C@@H](O)C(C)(C)C(=O)O)[C@H]1CC[C@H]2C(=CC=C3C[C@@H](O)C[C@H](O)C3)CCC[C@]12C. The summed E-state index contributed by atoms with van der Waals surface area (Å²) >= 11 is 0. The topological polar surface area (TPSA) is 98.0 Å². The average molecular weight is 447 g/mol. The van der Waals surface area contributed by atoms with Crippen LogP contribution in [-0.4, -0.2) is 44.7 Å². The fourth-order valence-corrected chi connectivity index (χ4v) is 6.46. The van der Waals surface area contributed by atoms with Crippen molar-refractivity contribution in [3.63, 3.8) is 0 Å². The highest BCUT2D eigenvalue weighted by atomic mass is 16.4. The first-order chi connectivity index (χ1) is 14.9. The Labute approximate surface area is 192 Å². The van der Waals surface area contributed by atoms with Crippen molar-refractivity contribution in [2.75, 3.05) is 0 Å². The molecule has 7 atom stereocenters. The molecule has 3 aliphatic rings. The molecule has 0 heterocycles. The van der Waals surface area contributed by atoms with Gasteiger partial charge < -0.3 is 20.4 Å². The van der Waals surface area contributed by atoms with E-state index in [1.165, 1.54) is 12.0 Å². The summed E-state index contributed by atoms with van der Waals surface area (Å²) in [5.74, 6) is 0.307. The quantitative estimate of drug-likeness (QED) is 0.446. The van der Waals surface area contributed by atoms with Gasteiger partial charge in [0.2, 0.25) is 0 Å². The number of allylic oxidation sites excluding steroid dienone is 4. The van der Waals surface area contributed by atoms with Gasteiger partial charge in [0.1, 0.15) is 0 Å². The fraction of sp³-hybridized carbons (Fsp3) is 0.741. The van der Waals surface area contributed by atoms with Crippen LogP contribution in [0.3, 0.4) is 0 Å². The molecule has 5 heteroatoms. The summed E-state index contributed by atoms with van der Waals surface area (Å²) in [5.41, 5.74) is 1.63. The van der Waals surface area contributed by atoms with Crippen molar-refractivity contribution < 1.29 is 25.2 Å². The summed E-state index contributed by atoms with van der Waals surface area (Å²) in [6.07, 6.45) is 13.8. The standard InChI is InChI=1S/C27H42O5/c1-17(7-12-24(30)26(2,3)25(31)32)22-10-11-23-19(6-5-13-27(22,23)4)9-8-18-14-20(28)16-21(29)15-18/h7-9,12,17,20-24,28-30H,5-6,10-11,13-16H2,1-4H3,(H,31,32)/t17-,20-,21-,22-,23+,24-,27-/m1/s1. The molecule has 3 aliphatic carbocycles. The molecule has 3 saturated carbocycles. The van der Waals surface area contributed by atoms with E-state index >= 15 is 0 Å². The molecular weight excluding hydrogens is 404 g/mol. The first kappa shape index (κ1) is 25.2. The summed E-state index contributed by atoms with van der Waals surface area (Å²) in [5, 5.41) is 39.7. The largest absolute Gasteiger partial charge is 0.481 e. The zero-order chi connectivity index (χ0) is 23.7. The molecule has 0 saturated heterocycles. The third kappa shape index (κ3) is 5.21. The molecule has 0 bridgehead atoms. The highest BCUT2D eigenvalue weighted by Gasteiger charge is 2.50. The van der Waals surface area contributed by atoms with Gasteiger partial charge in [0.15, 0.2) is 0 Å². The Kier molecular flexibility index (Phi) is 7.73. The molecule has 0 aliphatic heterocycles. The fourth-order valence-electron chi connectivity index (χ4n) is 6.46. The van der Waals surface area contributed by atoms with Crippen LogP contribution in [0.1, 0.15) is 79.1 Å². The number of fused-ring (bicyclic) bond motifs is 1. The summed E-state index contributed by atoms with van der Waals surface area (Å²) in [7, 11) is 0. The molecule has 0 spiro atoms. The molecule has 0 unspecified atom stereocenters. The summed E-state index contributed by atoms with van der Waals surface area (Å²) in [6.45, 7) is 7.71. The maximum absolute atomic E-state index is 11.4. The van der Waals surface area contributed by atoms with E-state index in [0.29, 0.717) is 31.1 Å². The number of carboxylic acid groups (broad SMARTS) is 1. The maximum atomic E-state index is 11.4. The van der Waals surface area contributed by atoms with E-state index in [1.807, 2.05) is 6.08 Å². The van der Waals surface area contributed by atoms with Crippen molar-refractivity contribution in [3.05, 3.63) is 35.5 Å². The van der Waals surface area contributed by atoms with Gasteiger partial charge in [0.25, 0.3) is 0 Å². The van der Waals surface area contributed by atoms with E-state index in [9.17, 15) is 25.2 Å². The van der Waals surface area contributed by atoms with Crippen LogP contribution in [0.15, 0.2) is 35.5 Å². The zero-order valence-electron chi connectivity index (χ0n) is 20.1. The number of carboxylic acids is 1. The Morgan fingerprint density at radius 3 is 2.41 bits per heavy atom. The summed E-state index contributed by atoms with van der Waals surface area (Å²) in [4.78, 5) is 11.4. The highest BCUT2D eigenvalue weighted by molar-refractivity contribution is 5.74. The van der Waals surface area contributed by atoms with E-state index in [4.69, 9.17) is 0 Å². The van der Waals surface area contributed by atoms with Crippen LogP contribution in [0.2, 0.25) is 0 Å². The lowest BCUT2D eigenvalue weighted by Gasteiger charge is -2.44. The molecule has 0 amide bonds. The lowest BCUT2D eigenvalue weighted by atomic mass is 9.61. The minimum atomic E-state index is -1.20.